The van der Waals surface area contributed by atoms with E-state index in [2.05, 4.69) is 6.07 Å². The van der Waals surface area contributed by atoms with E-state index in [-0.39, 0.29) is 29.6 Å². The van der Waals surface area contributed by atoms with Crippen molar-refractivity contribution in [2.45, 2.75) is 19.4 Å². The van der Waals surface area contributed by atoms with Crippen LogP contribution in [0, 0.1) is 17.1 Å². The first-order valence-corrected chi connectivity index (χ1v) is 10.0. The summed E-state index contributed by atoms with van der Waals surface area (Å²) < 4.78 is 31.1. The molecule has 4 rings (SSSR count). The van der Waals surface area contributed by atoms with Gasteiger partial charge in [-0.05, 0) is 36.8 Å². The van der Waals surface area contributed by atoms with Crippen LogP contribution < -0.4 is 19.9 Å². The molecule has 0 saturated heterocycles. The zero-order chi connectivity index (χ0) is 22.7. The predicted octanol–water partition coefficient (Wildman–Crippen LogP) is 4.73. The zero-order valence-corrected chi connectivity index (χ0v) is 17.3. The molecule has 0 amide bonds. The molecule has 0 unspecified atom stereocenters. The molecule has 6 nitrogen and oxygen atoms in total. The van der Waals surface area contributed by atoms with E-state index in [0.717, 1.165) is 5.56 Å². The van der Waals surface area contributed by atoms with Crippen molar-refractivity contribution in [3.63, 3.8) is 0 Å². The number of phenolic OH excluding ortho intramolecular Hbond substituents is 1. The Hall–Kier alpha value is -4.18. The molecule has 0 aromatic heterocycles. The first-order chi connectivity index (χ1) is 15.5. The fraction of sp³-hybridized carbons (Fsp3) is 0.160. The number of benzene rings is 3. The van der Waals surface area contributed by atoms with Crippen LogP contribution in [0.5, 0.6) is 23.0 Å². The number of nitrogens with zero attached hydrogens (tertiary/aromatic N) is 1. The summed E-state index contributed by atoms with van der Waals surface area (Å²) in [6.07, 6.45) is 0. The number of fused-ring (bicyclic) bond motifs is 1. The summed E-state index contributed by atoms with van der Waals surface area (Å²) in [5, 5.41) is 19.5. The Labute approximate surface area is 184 Å². The Morgan fingerprint density at radius 2 is 1.91 bits per heavy atom. The van der Waals surface area contributed by atoms with Crippen molar-refractivity contribution in [3.8, 4) is 29.1 Å². The van der Waals surface area contributed by atoms with E-state index in [1.807, 2.05) is 6.92 Å². The lowest BCUT2D eigenvalue weighted by Crippen LogP contribution is -2.21. The molecule has 3 N–H and O–H groups in total. The van der Waals surface area contributed by atoms with Gasteiger partial charge in [-0.25, -0.2) is 4.39 Å². The lowest BCUT2D eigenvalue weighted by molar-refractivity contribution is 0.265. The van der Waals surface area contributed by atoms with Gasteiger partial charge in [-0.1, -0.05) is 30.3 Å². The number of hydrogen-bond acceptors (Lipinski definition) is 6. The van der Waals surface area contributed by atoms with Gasteiger partial charge >= 0.3 is 0 Å². The van der Waals surface area contributed by atoms with Crippen LogP contribution >= 0.6 is 0 Å². The highest BCUT2D eigenvalue weighted by atomic mass is 19.1. The molecule has 1 aliphatic rings. The van der Waals surface area contributed by atoms with Crippen molar-refractivity contribution >= 4 is 0 Å². The number of nitriles is 1. The summed E-state index contributed by atoms with van der Waals surface area (Å²) in [5.41, 5.74) is 8.11. The van der Waals surface area contributed by atoms with E-state index in [0.29, 0.717) is 35.0 Å². The fourth-order valence-corrected chi connectivity index (χ4v) is 3.65. The summed E-state index contributed by atoms with van der Waals surface area (Å²) in [7, 11) is 0. The van der Waals surface area contributed by atoms with Crippen molar-refractivity contribution in [1.29, 1.82) is 5.26 Å². The Bertz CT molecular complexity index is 1230. The normalized spacial score (nSPS) is 14.8. The molecule has 7 heteroatoms. The SMILES string of the molecule is CCOc1cc([C@H]2C(C#N)=C(N)Oc3cc(O)ccc32)ccc1OCc1ccccc1F. The number of rotatable bonds is 6. The average molecular weight is 432 g/mol. The monoisotopic (exact) mass is 432 g/mol. The largest absolute Gasteiger partial charge is 0.508 e. The number of aromatic hydroxyl groups is 1. The molecule has 162 valence electrons. The third kappa shape index (κ3) is 4.03. The first kappa shape index (κ1) is 21.1. The maximum absolute atomic E-state index is 13.9. The van der Waals surface area contributed by atoms with Gasteiger partial charge in [-0.15, -0.1) is 0 Å². The highest BCUT2D eigenvalue weighted by Crippen LogP contribution is 2.45. The number of allylic oxidation sites excluding steroid dienone is 1. The molecule has 1 heterocycles. The van der Waals surface area contributed by atoms with E-state index in [1.54, 1.807) is 42.5 Å². The summed E-state index contributed by atoms with van der Waals surface area (Å²) in [4.78, 5) is 0. The van der Waals surface area contributed by atoms with Crippen LogP contribution in [0.25, 0.3) is 0 Å². The topological polar surface area (TPSA) is 97.7 Å². The van der Waals surface area contributed by atoms with Gasteiger partial charge in [0.25, 0.3) is 0 Å². The highest BCUT2D eigenvalue weighted by Gasteiger charge is 2.31. The van der Waals surface area contributed by atoms with Gasteiger partial charge < -0.3 is 25.1 Å². The number of hydrogen-bond donors (Lipinski definition) is 2. The predicted molar refractivity (Wildman–Crippen MR) is 116 cm³/mol. The molecular weight excluding hydrogens is 411 g/mol. The van der Waals surface area contributed by atoms with Crippen molar-refractivity contribution in [3.05, 3.63) is 94.6 Å². The summed E-state index contributed by atoms with van der Waals surface area (Å²) in [6, 6.07) is 18.5. The second-order valence-electron chi connectivity index (χ2n) is 7.17. The van der Waals surface area contributed by atoms with Crippen LogP contribution in [0.15, 0.2) is 72.1 Å². The van der Waals surface area contributed by atoms with E-state index in [9.17, 15) is 14.8 Å². The van der Waals surface area contributed by atoms with Gasteiger partial charge in [0.15, 0.2) is 11.5 Å². The minimum absolute atomic E-state index is 0.0200. The maximum atomic E-state index is 13.9. The summed E-state index contributed by atoms with van der Waals surface area (Å²) in [6.45, 7) is 2.28. The Kier molecular flexibility index (Phi) is 5.86. The second-order valence-corrected chi connectivity index (χ2v) is 7.17. The number of ether oxygens (including phenoxy) is 3. The van der Waals surface area contributed by atoms with Crippen LogP contribution in [0.2, 0.25) is 0 Å². The second kappa shape index (κ2) is 8.90. The molecule has 1 atom stereocenters. The molecule has 32 heavy (non-hydrogen) atoms. The van der Waals surface area contributed by atoms with Crippen LogP contribution in [0.1, 0.15) is 29.5 Å². The van der Waals surface area contributed by atoms with Gasteiger partial charge in [0.1, 0.15) is 35.6 Å². The molecule has 3 aromatic carbocycles. The first-order valence-electron chi connectivity index (χ1n) is 10.0. The quantitative estimate of drug-likeness (QED) is 0.585. The minimum Gasteiger partial charge on any atom is -0.508 e. The standard InChI is InChI=1S/C25H21FN2O4/c1-2-30-23-11-15(7-10-21(23)31-14-16-5-3-4-6-20(16)26)24-18-9-8-17(29)12-22(18)32-25(28)19(24)13-27/h3-12,24,29H,2,14,28H2,1H3/t24-/m1/s1. The maximum Gasteiger partial charge on any atom is 0.205 e. The van der Waals surface area contributed by atoms with Crippen molar-refractivity contribution in [2.75, 3.05) is 6.61 Å². The Balaban J connectivity index is 1.72. The average Bonchev–Trinajstić information content (AvgIpc) is 2.78. The van der Waals surface area contributed by atoms with Crippen molar-refractivity contribution < 1.29 is 23.7 Å². The van der Waals surface area contributed by atoms with E-state index >= 15 is 0 Å². The van der Waals surface area contributed by atoms with E-state index in [4.69, 9.17) is 19.9 Å². The van der Waals surface area contributed by atoms with Gasteiger partial charge in [0.2, 0.25) is 5.88 Å². The fourth-order valence-electron chi connectivity index (χ4n) is 3.65. The van der Waals surface area contributed by atoms with Gasteiger partial charge in [-0.2, -0.15) is 5.26 Å². The van der Waals surface area contributed by atoms with Crippen LogP contribution in [0.3, 0.4) is 0 Å². The van der Waals surface area contributed by atoms with Crippen LogP contribution in [0.4, 0.5) is 4.39 Å². The third-order valence-electron chi connectivity index (χ3n) is 5.14. The van der Waals surface area contributed by atoms with E-state index in [1.165, 1.54) is 18.2 Å². The van der Waals surface area contributed by atoms with E-state index < -0.39 is 5.92 Å². The third-order valence-corrected chi connectivity index (χ3v) is 5.14. The molecule has 0 saturated carbocycles. The zero-order valence-electron chi connectivity index (χ0n) is 17.3. The molecule has 0 fully saturated rings. The number of phenols is 1. The molecule has 0 aliphatic carbocycles. The Morgan fingerprint density at radius 3 is 2.66 bits per heavy atom. The van der Waals surface area contributed by atoms with Crippen LogP contribution in [-0.4, -0.2) is 11.7 Å². The van der Waals surface area contributed by atoms with Gasteiger partial charge in [0.05, 0.1) is 12.5 Å². The van der Waals surface area contributed by atoms with Gasteiger partial charge in [0, 0.05) is 17.2 Å². The minimum atomic E-state index is -0.510. The molecule has 1 aliphatic heterocycles. The summed E-state index contributed by atoms with van der Waals surface area (Å²) in [5.74, 6) is 0.448. The lowest BCUT2D eigenvalue weighted by Gasteiger charge is -2.27. The molecule has 0 bridgehead atoms. The van der Waals surface area contributed by atoms with Crippen LogP contribution in [-0.2, 0) is 6.61 Å². The lowest BCUT2D eigenvalue weighted by atomic mass is 9.83. The number of nitrogens with two attached hydrogens (primary N) is 1. The van der Waals surface area contributed by atoms with Crippen molar-refractivity contribution in [2.24, 2.45) is 5.73 Å². The summed E-state index contributed by atoms with van der Waals surface area (Å²) >= 11 is 0. The molecule has 3 aromatic rings. The smallest absolute Gasteiger partial charge is 0.205 e. The van der Waals surface area contributed by atoms with Crippen molar-refractivity contribution in [1.82, 2.24) is 0 Å². The molecular formula is C25H21FN2O4. The molecule has 0 spiro atoms. The number of halogens is 1. The molecule has 0 radical (unpaired) electrons. The highest BCUT2D eigenvalue weighted by molar-refractivity contribution is 5.58. The van der Waals surface area contributed by atoms with Gasteiger partial charge in [-0.3, -0.25) is 0 Å². The Morgan fingerprint density at radius 1 is 1.09 bits per heavy atom.